The smallest absolute Gasteiger partial charge is 0.270 e. The van der Waals surface area contributed by atoms with Crippen molar-refractivity contribution in [3.05, 3.63) is 33.9 Å². The van der Waals surface area contributed by atoms with Gasteiger partial charge in [0, 0.05) is 25.0 Å². The minimum absolute atomic E-state index is 0.0525. The molecule has 0 N–H and O–H groups in total. The minimum Gasteiger partial charge on any atom is -0.489 e. The van der Waals surface area contributed by atoms with Crippen LogP contribution in [-0.4, -0.2) is 29.0 Å². The molecule has 1 aromatic rings. The molecule has 114 valence electrons. The number of Topliss-reactive ketones (excluding diaryl/α,β-unsaturated/α-hetero) is 1. The Morgan fingerprint density at radius 2 is 1.95 bits per heavy atom. The Morgan fingerprint density at radius 1 is 1.33 bits per heavy atom. The van der Waals surface area contributed by atoms with Crippen LogP contribution in [0.5, 0.6) is 5.75 Å². The molecule has 1 aliphatic rings. The number of nitro benzene ring substituents is 1. The summed E-state index contributed by atoms with van der Waals surface area (Å²) in [4.78, 5) is 22.0. The van der Waals surface area contributed by atoms with Crippen LogP contribution >= 0.6 is 0 Å². The number of ether oxygens (including phenoxy) is 2. The van der Waals surface area contributed by atoms with E-state index in [2.05, 4.69) is 0 Å². The zero-order valence-electron chi connectivity index (χ0n) is 12.4. The monoisotopic (exact) mass is 293 g/mol. The number of hydrogen-bond donors (Lipinski definition) is 0. The number of hydrogen-bond acceptors (Lipinski definition) is 5. The topological polar surface area (TPSA) is 78.7 Å². The lowest BCUT2D eigenvalue weighted by Gasteiger charge is -2.32. The second kappa shape index (κ2) is 6.22. The highest BCUT2D eigenvalue weighted by atomic mass is 16.6. The molecular weight excluding hydrogens is 274 g/mol. The number of carbonyl (C=O) groups excluding carboxylic acids is 1. The summed E-state index contributed by atoms with van der Waals surface area (Å²) in [6, 6.07) is 4.12. The molecule has 6 heteroatoms. The average molecular weight is 293 g/mol. The van der Waals surface area contributed by atoms with Crippen LogP contribution in [0.25, 0.3) is 0 Å². The highest BCUT2D eigenvalue weighted by Gasteiger charge is 2.27. The molecule has 0 bridgehead atoms. The predicted molar refractivity (Wildman–Crippen MR) is 76.8 cm³/mol. The lowest BCUT2D eigenvalue weighted by Crippen LogP contribution is -2.35. The van der Waals surface area contributed by atoms with Gasteiger partial charge in [-0.3, -0.25) is 14.9 Å². The molecule has 2 unspecified atom stereocenters. The first kappa shape index (κ1) is 15.4. The number of carbonyl (C=O) groups is 1. The van der Waals surface area contributed by atoms with E-state index in [-0.39, 0.29) is 35.3 Å². The van der Waals surface area contributed by atoms with Crippen LogP contribution in [-0.2, 0) is 4.74 Å². The highest BCUT2D eigenvalue weighted by molar-refractivity contribution is 5.97. The van der Waals surface area contributed by atoms with Crippen molar-refractivity contribution in [1.82, 2.24) is 0 Å². The molecule has 2 atom stereocenters. The van der Waals surface area contributed by atoms with Gasteiger partial charge in [-0.1, -0.05) is 0 Å². The molecule has 0 radical (unpaired) electrons. The molecule has 6 nitrogen and oxygen atoms in total. The second-order valence-corrected chi connectivity index (χ2v) is 5.46. The van der Waals surface area contributed by atoms with E-state index in [0.717, 1.165) is 12.8 Å². The van der Waals surface area contributed by atoms with Crippen molar-refractivity contribution in [1.29, 1.82) is 0 Å². The van der Waals surface area contributed by atoms with Crippen LogP contribution in [0.2, 0.25) is 0 Å². The fourth-order valence-electron chi connectivity index (χ4n) is 2.63. The zero-order chi connectivity index (χ0) is 15.6. The third kappa shape index (κ3) is 3.78. The van der Waals surface area contributed by atoms with Crippen LogP contribution in [0.3, 0.4) is 0 Å². The molecular formula is C15H19NO5. The second-order valence-electron chi connectivity index (χ2n) is 5.46. The Hall–Kier alpha value is -1.95. The van der Waals surface area contributed by atoms with Gasteiger partial charge < -0.3 is 9.47 Å². The number of rotatable bonds is 4. The minimum atomic E-state index is -0.519. The number of ketones is 1. The summed E-state index contributed by atoms with van der Waals surface area (Å²) in [5, 5.41) is 10.8. The van der Waals surface area contributed by atoms with E-state index in [4.69, 9.17) is 9.47 Å². The largest absolute Gasteiger partial charge is 0.489 e. The van der Waals surface area contributed by atoms with E-state index in [0.29, 0.717) is 5.75 Å². The van der Waals surface area contributed by atoms with Crippen LogP contribution in [0.1, 0.15) is 44.0 Å². The first-order valence-corrected chi connectivity index (χ1v) is 6.98. The van der Waals surface area contributed by atoms with Gasteiger partial charge in [0.2, 0.25) is 0 Å². The Kier molecular flexibility index (Phi) is 4.57. The summed E-state index contributed by atoms with van der Waals surface area (Å²) in [7, 11) is 0. The lowest BCUT2D eigenvalue weighted by atomic mass is 10.0. The summed E-state index contributed by atoms with van der Waals surface area (Å²) in [5.74, 6) is 0.154. The van der Waals surface area contributed by atoms with Crippen molar-refractivity contribution in [2.24, 2.45) is 0 Å². The molecule has 0 saturated carbocycles. The van der Waals surface area contributed by atoms with Crippen molar-refractivity contribution in [2.45, 2.75) is 51.9 Å². The maximum Gasteiger partial charge on any atom is 0.270 e. The maximum absolute atomic E-state index is 11.7. The van der Waals surface area contributed by atoms with Crippen LogP contribution in [0, 0.1) is 10.1 Å². The van der Waals surface area contributed by atoms with Gasteiger partial charge in [-0.2, -0.15) is 0 Å². The zero-order valence-corrected chi connectivity index (χ0v) is 12.4. The van der Waals surface area contributed by atoms with Crippen LogP contribution < -0.4 is 4.74 Å². The third-order valence-corrected chi connectivity index (χ3v) is 3.50. The molecule has 1 aliphatic heterocycles. The maximum atomic E-state index is 11.7. The molecule has 0 spiro atoms. The Morgan fingerprint density at radius 3 is 2.48 bits per heavy atom. The van der Waals surface area contributed by atoms with Gasteiger partial charge in [-0.15, -0.1) is 0 Å². The van der Waals surface area contributed by atoms with Crippen LogP contribution in [0.4, 0.5) is 5.69 Å². The Balaban J connectivity index is 2.23. The summed E-state index contributed by atoms with van der Waals surface area (Å²) in [6.45, 7) is 5.34. The van der Waals surface area contributed by atoms with Crippen molar-refractivity contribution in [2.75, 3.05) is 0 Å². The molecule has 1 saturated heterocycles. The molecule has 21 heavy (non-hydrogen) atoms. The predicted octanol–water partition coefficient (Wildman–Crippen LogP) is 3.13. The van der Waals surface area contributed by atoms with Gasteiger partial charge in [0.1, 0.15) is 11.9 Å². The molecule has 1 heterocycles. The number of benzene rings is 1. The number of non-ortho nitro benzene ring substituents is 1. The van der Waals surface area contributed by atoms with Gasteiger partial charge in [0.25, 0.3) is 5.69 Å². The molecule has 0 amide bonds. The Labute approximate surface area is 123 Å². The fourth-order valence-corrected chi connectivity index (χ4v) is 2.63. The highest BCUT2D eigenvalue weighted by Crippen LogP contribution is 2.29. The summed E-state index contributed by atoms with van der Waals surface area (Å²) in [5.41, 5.74) is 0.136. The fraction of sp³-hybridized carbons (Fsp3) is 0.533. The number of nitrogens with zero attached hydrogens (tertiary/aromatic N) is 1. The first-order valence-electron chi connectivity index (χ1n) is 6.98. The quantitative estimate of drug-likeness (QED) is 0.484. The van der Waals surface area contributed by atoms with E-state index in [1.54, 1.807) is 0 Å². The van der Waals surface area contributed by atoms with Gasteiger partial charge in [0.05, 0.1) is 22.7 Å². The van der Waals surface area contributed by atoms with E-state index < -0.39 is 4.92 Å². The molecule has 1 aromatic carbocycles. The summed E-state index contributed by atoms with van der Waals surface area (Å²) >= 11 is 0. The van der Waals surface area contributed by atoms with Gasteiger partial charge >= 0.3 is 0 Å². The van der Waals surface area contributed by atoms with Crippen LogP contribution in [0.15, 0.2) is 18.2 Å². The normalized spacial score (nSPS) is 25.4. The van der Waals surface area contributed by atoms with Crippen molar-refractivity contribution in [3.63, 3.8) is 0 Å². The molecule has 2 rings (SSSR count). The van der Waals surface area contributed by atoms with Gasteiger partial charge in [-0.25, -0.2) is 0 Å². The standard InChI is InChI=1S/C15H19NO5/c1-9-6-13(7-10(2)20-9)21-15-5-4-12(16(18)19)8-14(15)11(3)17/h4-5,8-10,13H,6-7H2,1-3H3. The SMILES string of the molecule is CC(=O)c1cc([N+](=O)[O-])ccc1OC1CC(C)OC(C)C1. The van der Waals surface area contributed by atoms with E-state index in [1.165, 1.54) is 25.1 Å². The van der Waals surface area contributed by atoms with Crippen molar-refractivity contribution < 1.29 is 19.2 Å². The molecule has 0 aliphatic carbocycles. The summed E-state index contributed by atoms with van der Waals surface area (Å²) < 4.78 is 11.5. The molecule has 1 fully saturated rings. The van der Waals surface area contributed by atoms with Gasteiger partial charge in [-0.05, 0) is 26.8 Å². The van der Waals surface area contributed by atoms with Crippen molar-refractivity contribution >= 4 is 11.5 Å². The Bertz CT molecular complexity index is 547. The number of nitro groups is 1. The third-order valence-electron chi connectivity index (χ3n) is 3.50. The average Bonchev–Trinajstić information content (AvgIpc) is 2.37. The van der Waals surface area contributed by atoms with E-state index >= 15 is 0 Å². The van der Waals surface area contributed by atoms with Crippen molar-refractivity contribution in [3.8, 4) is 5.75 Å². The molecule has 0 aromatic heterocycles. The van der Waals surface area contributed by atoms with Gasteiger partial charge in [0.15, 0.2) is 5.78 Å². The van der Waals surface area contributed by atoms with E-state index in [1.807, 2.05) is 13.8 Å². The van der Waals surface area contributed by atoms with E-state index in [9.17, 15) is 14.9 Å². The summed E-state index contributed by atoms with van der Waals surface area (Å²) in [6.07, 6.45) is 1.61. The lowest BCUT2D eigenvalue weighted by molar-refractivity contribution is -0.384. The first-order chi connectivity index (χ1) is 9.86.